The van der Waals surface area contributed by atoms with Gasteiger partial charge in [-0.25, -0.2) is 0 Å². The quantitative estimate of drug-likeness (QED) is 0.838. The van der Waals surface area contributed by atoms with Gasteiger partial charge < -0.3 is 4.90 Å². The van der Waals surface area contributed by atoms with Crippen LogP contribution in [0.2, 0.25) is 0 Å². The number of aryl methyl sites for hydroxylation is 1. The first kappa shape index (κ1) is 16.7. The van der Waals surface area contributed by atoms with E-state index in [4.69, 9.17) is 5.10 Å². The molecule has 0 radical (unpaired) electrons. The van der Waals surface area contributed by atoms with Crippen LogP contribution in [0, 0.1) is 6.92 Å². The Balaban J connectivity index is 1.82. The van der Waals surface area contributed by atoms with Crippen LogP contribution in [0.4, 0.5) is 0 Å². The lowest BCUT2D eigenvalue weighted by Crippen LogP contribution is -2.31. The number of nitrogens with zero attached hydrogens (tertiary/aromatic N) is 4. The van der Waals surface area contributed by atoms with Crippen LogP contribution >= 0.6 is 11.3 Å². The van der Waals surface area contributed by atoms with E-state index in [0.29, 0.717) is 6.04 Å². The minimum Gasteiger partial charge on any atom is -0.303 e. The summed E-state index contributed by atoms with van der Waals surface area (Å²) in [5, 5.41) is 4.93. The van der Waals surface area contributed by atoms with E-state index in [0.717, 1.165) is 32.6 Å². The van der Waals surface area contributed by atoms with E-state index in [1.165, 1.54) is 26.7 Å². The molecule has 1 aliphatic heterocycles. The molecule has 0 aromatic carbocycles. The smallest absolute Gasteiger partial charge is 0.0800 e. The summed E-state index contributed by atoms with van der Waals surface area (Å²) in [6, 6.07) is 4.92. The fourth-order valence-corrected chi connectivity index (χ4v) is 4.28. The summed E-state index contributed by atoms with van der Waals surface area (Å²) < 4.78 is 2.25. The van der Waals surface area contributed by atoms with Gasteiger partial charge in [0.25, 0.3) is 0 Å². The van der Waals surface area contributed by atoms with Crippen molar-refractivity contribution in [3.8, 4) is 0 Å². The average molecular weight is 333 g/mol. The average Bonchev–Trinajstić information content (AvgIpc) is 3.03. The molecule has 4 nitrogen and oxygen atoms in total. The standard InChI is InChI=1S/C18H28N4S/c1-13(2)22-18-12-21(10-15-7-6-14(3)23-15)9-8-16(18)17(19-22)11-20(4)5/h6-7,13H,8-12H2,1-5H3. The third-order valence-corrected chi connectivity index (χ3v) is 5.37. The van der Waals surface area contributed by atoms with E-state index < -0.39 is 0 Å². The predicted molar refractivity (Wildman–Crippen MR) is 96.9 cm³/mol. The number of aromatic nitrogens is 2. The monoisotopic (exact) mass is 332 g/mol. The van der Waals surface area contributed by atoms with Crippen molar-refractivity contribution in [1.82, 2.24) is 19.6 Å². The molecule has 0 saturated carbocycles. The van der Waals surface area contributed by atoms with Crippen LogP contribution in [-0.4, -0.2) is 40.2 Å². The third kappa shape index (κ3) is 3.67. The van der Waals surface area contributed by atoms with Crippen LogP contribution in [0.1, 0.15) is 46.6 Å². The second-order valence-corrected chi connectivity index (χ2v) is 8.49. The summed E-state index contributed by atoms with van der Waals surface area (Å²) in [6.07, 6.45) is 1.12. The fraction of sp³-hybridized carbons (Fsp3) is 0.611. The number of thiophene rings is 1. The molecule has 2 aromatic heterocycles. The molecule has 23 heavy (non-hydrogen) atoms. The Bertz CT molecular complexity index is 669. The first-order valence-electron chi connectivity index (χ1n) is 8.45. The molecule has 3 heterocycles. The summed E-state index contributed by atoms with van der Waals surface area (Å²) in [4.78, 5) is 7.65. The largest absolute Gasteiger partial charge is 0.303 e. The van der Waals surface area contributed by atoms with Gasteiger partial charge in [0.2, 0.25) is 0 Å². The van der Waals surface area contributed by atoms with Crippen LogP contribution in [-0.2, 0) is 26.1 Å². The lowest BCUT2D eigenvalue weighted by Gasteiger charge is -2.28. The first-order valence-corrected chi connectivity index (χ1v) is 9.27. The van der Waals surface area contributed by atoms with Gasteiger partial charge in [-0.05, 0) is 53.4 Å². The molecule has 126 valence electrons. The molecule has 0 fully saturated rings. The second-order valence-electron chi connectivity index (χ2n) is 7.12. The molecule has 0 amide bonds. The van der Waals surface area contributed by atoms with Crippen LogP contribution in [0.5, 0.6) is 0 Å². The molecule has 0 N–H and O–H groups in total. The summed E-state index contributed by atoms with van der Waals surface area (Å²) in [5.74, 6) is 0. The minimum atomic E-state index is 0.420. The lowest BCUT2D eigenvalue weighted by molar-refractivity contribution is 0.236. The van der Waals surface area contributed by atoms with Gasteiger partial charge in [0.15, 0.2) is 0 Å². The van der Waals surface area contributed by atoms with Crippen molar-refractivity contribution in [2.45, 2.75) is 52.9 Å². The molecule has 1 aliphatic rings. The minimum absolute atomic E-state index is 0.420. The van der Waals surface area contributed by atoms with Crippen molar-refractivity contribution in [3.05, 3.63) is 38.8 Å². The van der Waals surface area contributed by atoms with Crippen LogP contribution < -0.4 is 0 Å². The van der Waals surface area contributed by atoms with Crippen molar-refractivity contribution in [2.24, 2.45) is 0 Å². The van der Waals surface area contributed by atoms with Crippen molar-refractivity contribution >= 4 is 11.3 Å². The van der Waals surface area contributed by atoms with E-state index in [1.807, 2.05) is 11.3 Å². The summed E-state index contributed by atoms with van der Waals surface area (Å²) in [6.45, 7) is 10.8. The predicted octanol–water partition coefficient (Wildman–Crippen LogP) is 3.45. The molecule has 0 spiro atoms. The Hall–Kier alpha value is -1.17. The first-order chi connectivity index (χ1) is 10.9. The molecule has 0 saturated heterocycles. The third-order valence-electron chi connectivity index (χ3n) is 4.38. The van der Waals surface area contributed by atoms with E-state index >= 15 is 0 Å². The molecule has 5 heteroatoms. The molecule has 0 unspecified atom stereocenters. The van der Waals surface area contributed by atoms with Crippen LogP contribution in [0.15, 0.2) is 12.1 Å². The van der Waals surface area contributed by atoms with Gasteiger partial charge in [-0.15, -0.1) is 11.3 Å². The van der Waals surface area contributed by atoms with Gasteiger partial charge in [0.1, 0.15) is 0 Å². The Labute approximate surface area is 143 Å². The van der Waals surface area contributed by atoms with Crippen molar-refractivity contribution < 1.29 is 0 Å². The highest BCUT2D eigenvalue weighted by molar-refractivity contribution is 7.11. The van der Waals surface area contributed by atoms with Crippen molar-refractivity contribution in [1.29, 1.82) is 0 Å². The van der Waals surface area contributed by atoms with Crippen LogP contribution in [0.25, 0.3) is 0 Å². The molecular weight excluding hydrogens is 304 g/mol. The maximum atomic E-state index is 4.93. The Morgan fingerprint density at radius 1 is 1.30 bits per heavy atom. The highest BCUT2D eigenvalue weighted by atomic mass is 32.1. The van der Waals surface area contributed by atoms with E-state index in [9.17, 15) is 0 Å². The highest BCUT2D eigenvalue weighted by Gasteiger charge is 2.26. The van der Waals surface area contributed by atoms with Crippen molar-refractivity contribution in [2.75, 3.05) is 20.6 Å². The molecule has 0 bridgehead atoms. The zero-order valence-electron chi connectivity index (χ0n) is 15.0. The van der Waals surface area contributed by atoms with E-state index in [1.54, 1.807) is 0 Å². The molecule has 3 rings (SSSR count). The van der Waals surface area contributed by atoms with Gasteiger partial charge >= 0.3 is 0 Å². The topological polar surface area (TPSA) is 24.3 Å². The maximum absolute atomic E-state index is 4.93. The maximum Gasteiger partial charge on any atom is 0.0800 e. The zero-order chi connectivity index (χ0) is 16.6. The van der Waals surface area contributed by atoms with Gasteiger partial charge in [-0.3, -0.25) is 9.58 Å². The number of hydrogen-bond donors (Lipinski definition) is 0. The van der Waals surface area contributed by atoms with Gasteiger partial charge in [-0.2, -0.15) is 5.10 Å². The van der Waals surface area contributed by atoms with Crippen LogP contribution in [0.3, 0.4) is 0 Å². The summed E-state index contributed by atoms with van der Waals surface area (Å²) in [7, 11) is 4.24. The van der Waals surface area contributed by atoms with Gasteiger partial charge in [0, 0.05) is 47.5 Å². The normalized spacial score (nSPS) is 15.6. The Morgan fingerprint density at radius 3 is 2.70 bits per heavy atom. The van der Waals surface area contributed by atoms with E-state index in [-0.39, 0.29) is 0 Å². The molecular formula is C18H28N4S. The SMILES string of the molecule is Cc1ccc(CN2CCc3c(CN(C)C)nn(C(C)C)c3C2)s1. The zero-order valence-corrected chi connectivity index (χ0v) is 15.8. The van der Waals surface area contributed by atoms with Gasteiger partial charge in [-0.1, -0.05) is 0 Å². The van der Waals surface area contributed by atoms with Gasteiger partial charge in [0.05, 0.1) is 11.4 Å². The molecule has 2 aromatic rings. The lowest BCUT2D eigenvalue weighted by atomic mass is 10.0. The molecule has 0 aliphatic carbocycles. The number of rotatable bonds is 5. The van der Waals surface area contributed by atoms with Crippen molar-refractivity contribution in [3.63, 3.8) is 0 Å². The fourth-order valence-electron chi connectivity index (χ4n) is 3.35. The molecule has 0 atom stereocenters. The summed E-state index contributed by atoms with van der Waals surface area (Å²) >= 11 is 1.92. The second kappa shape index (κ2) is 6.75. The summed E-state index contributed by atoms with van der Waals surface area (Å²) in [5.41, 5.74) is 4.19. The highest BCUT2D eigenvalue weighted by Crippen LogP contribution is 2.27. The Morgan fingerprint density at radius 2 is 2.09 bits per heavy atom. The number of hydrogen-bond acceptors (Lipinski definition) is 4. The number of fused-ring (bicyclic) bond motifs is 1. The Kier molecular flexibility index (Phi) is 4.90. The van der Waals surface area contributed by atoms with E-state index in [2.05, 4.69) is 61.5 Å².